The summed E-state index contributed by atoms with van der Waals surface area (Å²) < 4.78 is 18.9. The van der Waals surface area contributed by atoms with Crippen molar-refractivity contribution >= 4 is 16.9 Å². The lowest BCUT2D eigenvalue weighted by atomic mass is 9.99. The minimum atomic E-state index is -0.114. The van der Waals surface area contributed by atoms with Crippen LogP contribution in [0.4, 0.5) is 0 Å². The molecule has 1 aromatic heterocycles. The number of hydrogen-bond donors (Lipinski definition) is 1. The van der Waals surface area contributed by atoms with Crippen molar-refractivity contribution in [3.8, 4) is 17.2 Å². The Morgan fingerprint density at radius 1 is 0.950 bits per heavy atom. The molecule has 212 valence electrons. The molecule has 4 aromatic rings. The van der Waals surface area contributed by atoms with Crippen molar-refractivity contribution in [2.45, 2.75) is 58.4 Å². The average molecular weight is 544 g/mol. The highest BCUT2D eigenvalue weighted by Crippen LogP contribution is 2.27. The van der Waals surface area contributed by atoms with Gasteiger partial charge in [-0.05, 0) is 73.2 Å². The van der Waals surface area contributed by atoms with Crippen molar-refractivity contribution in [1.82, 2.24) is 14.9 Å². The van der Waals surface area contributed by atoms with Crippen LogP contribution in [0.3, 0.4) is 0 Å². The normalized spacial score (nSPS) is 11.8. The highest BCUT2D eigenvalue weighted by molar-refractivity contribution is 5.94. The van der Waals surface area contributed by atoms with Gasteiger partial charge in [0.1, 0.15) is 18.2 Å². The first-order valence-electron chi connectivity index (χ1n) is 14.2. The number of nitrogens with one attached hydrogen (secondary N) is 1. The van der Waals surface area contributed by atoms with Crippen molar-refractivity contribution in [2.24, 2.45) is 0 Å². The Balaban J connectivity index is 1.26. The van der Waals surface area contributed by atoms with E-state index in [9.17, 15) is 4.79 Å². The Kier molecular flexibility index (Phi) is 10.4. The van der Waals surface area contributed by atoms with Gasteiger partial charge in [0.2, 0.25) is 0 Å². The number of carbonyl (C=O) groups excluding carboxylic acids is 1. The SMILES string of the molecule is CCC(C)c1ccc(OCCn2c(CCCCCNC(=O)c3ccc(OC)c(OC)c3)nc3ccccc32)cc1. The minimum absolute atomic E-state index is 0.114. The van der Waals surface area contributed by atoms with E-state index in [1.54, 1.807) is 32.4 Å². The number of benzene rings is 3. The van der Waals surface area contributed by atoms with Gasteiger partial charge in [-0.15, -0.1) is 0 Å². The van der Waals surface area contributed by atoms with Gasteiger partial charge in [0.05, 0.1) is 31.8 Å². The predicted molar refractivity (Wildman–Crippen MR) is 160 cm³/mol. The predicted octanol–water partition coefficient (Wildman–Crippen LogP) is 6.79. The minimum Gasteiger partial charge on any atom is -0.493 e. The second-order valence-electron chi connectivity index (χ2n) is 10.0. The van der Waals surface area contributed by atoms with E-state index >= 15 is 0 Å². The summed E-state index contributed by atoms with van der Waals surface area (Å²) in [4.78, 5) is 17.5. The van der Waals surface area contributed by atoms with E-state index in [4.69, 9.17) is 19.2 Å². The molecule has 0 aliphatic heterocycles. The Hall–Kier alpha value is -4.00. The van der Waals surface area contributed by atoms with Crippen LogP contribution in [0.1, 0.15) is 67.2 Å². The van der Waals surface area contributed by atoms with Crippen LogP contribution in [-0.4, -0.2) is 42.8 Å². The van der Waals surface area contributed by atoms with Crippen molar-refractivity contribution in [3.05, 3.63) is 83.7 Å². The zero-order chi connectivity index (χ0) is 28.3. The summed E-state index contributed by atoms with van der Waals surface area (Å²) in [7, 11) is 3.14. The maximum atomic E-state index is 12.5. The third kappa shape index (κ3) is 7.34. The number of unbranched alkanes of at least 4 members (excludes halogenated alkanes) is 2. The number of rotatable bonds is 15. The van der Waals surface area contributed by atoms with Crippen molar-refractivity contribution < 1.29 is 19.0 Å². The summed E-state index contributed by atoms with van der Waals surface area (Å²) in [6.07, 6.45) is 4.89. The Labute approximate surface area is 237 Å². The van der Waals surface area contributed by atoms with Crippen LogP contribution in [0.25, 0.3) is 11.0 Å². The fourth-order valence-electron chi connectivity index (χ4n) is 4.82. The van der Waals surface area contributed by atoms with Crippen molar-refractivity contribution in [2.75, 3.05) is 27.4 Å². The van der Waals surface area contributed by atoms with Gasteiger partial charge >= 0.3 is 0 Å². The molecule has 3 aromatic carbocycles. The summed E-state index contributed by atoms with van der Waals surface area (Å²) in [5.74, 6) is 3.56. The van der Waals surface area contributed by atoms with Gasteiger partial charge in [-0.1, -0.05) is 44.5 Å². The van der Waals surface area contributed by atoms with Crippen molar-refractivity contribution in [1.29, 1.82) is 0 Å². The Morgan fingerprint density at radius 3 is 2.48 bits per heavy atom. The van der Waals surface area contributed by atoms with E-state index in [0.29, 0.717) is 36.1 Å². The molecule has 0 fully saturated rings. The fourth-order valence-corrected chi connectivity index (χ4v) is 4.82. The number of carbonyl (C=O) groups is 1. The molecule has 7 heteroatoms. The maximum Gasteiger partial charge on any atom is 0.251 e. The highest BCUT2D eigenvalue weighted by atomic mass is 16.5. The zero-order valence-corrected chi connectivity index (χ0v) is 24.1. The Morgan fingerprint density at radius 2 is 1.73 bits per heavy atom. The molecular weight excluding hydrogens is 502 g/mol. The zero-order valence-electron chi connectivity index (χ0n) is 24.1. The van der Waals surface area contributed by atoms with Crippen molar-refractivity contribution in [3.63, 3.8) is 0 Å². The average Bonchev–Trinajstić information content (AvgIpc) is 3.35. The molecule has 40 heavy (non-hydrogen) atoms. The van der Waals surface area contributed by atoms with Gasteiger partial charge < -0.3 is 24.1 Å². The van der Waals surface area contributed by atoms with E-state index < -0.39 is 0 Å². The quantitative estimate of drug-likeness (QED) is 0.167. The summed E-state index contributed by atoms with van der Waals surface area (Å²) in [5.41, 5.74) is 4.05. The number of fused-ring (bicyclic) bond motifs is 1. The lowest BCUT2D eigenvalue weighted by Gasteiger charge is -2.13. The van der Waals surface area contributed by atoms with Crippen LogP contribution in [0.5, 0.6) is 17.2 Å². The van der Waals surface area contributed by atoms with E-state index in [2.05, 4.69) is 66.2 Å². The molecule has 0 saturated carbocycles. The van der Waals surface area contributed by atoms with Gasteiger partial charge in [0.25, 0.3) is 5.91 Å². The maximum absolute atomic E-state index is 12.5. The number of aromatic nitrogens is 2. The molecular formula is C33H41N3O4. The standard InChI is InChI=1S/C33H41N3O4/c1-5-24(2)25-14-17-27(18-15-25)40-22-21-36-29-12-9-8-11-28(29)35-32(36)13-7-6-10-20-34-33(37)26-16-19-30(38-3)31(23-26)39-4/h8-9,11-12,14-19,23-24H,5-7,10,13,20-22H2,1-4H3,(H,34,37). The Bertz CT molecular complexity index is 1380. The van der Waals surface area contributed by atoms with Crippen LogP contribution >= 0.6 is 0 Å². The van der Waals surface area contributed by atoms with Crippen LogP contribution in [0.15, 0.2) is 66.7 Å². The van der Waals surface area contributed by atoms with Gasteiger partial charge in [0.15, 0.2) is 11.5 Å². The molecule has 1 amide bonds. The van der Waals surface area contributed by atoms with Gasteiger partial charge in [-0.25, -0.2) is 4.98 Å². The second kappa shape index (κ2) is 14.4. The van der Waals surface area contributed by atoms with Gasteiger partial charge in [0, 0.05) is 18.5 Å². The van der Waals surface area contributed by atoms with Crippen LogP contribution in [0.2, 0.25) is 0 Å². The molecule has 1 unspecified atom stereocenters. The lowest BCUT2D eigenvalue weighted by molar-refractivity contribution is 0.0952. The van der Waals surface area contributed by atoms with E-state index in [1.807, 2.05) is 6.07 Å². The monoisotopic (exact) mass is 543 g/mol. The number of methoxy groups -OCH3 is 2. The molecule has 1 heterocycles. The van der Waals surface area contributed by atoms with E-state index in [-0.39, 0.29) is 5.91 Å². The number of amides is 1. The third-order valence-corrected chi connectivity index (χ3v) is 7.39. The molecule has 1 N–H and O–H groups in total. The van der Waals surface area contributed by atoms with Gasteiger partial charge in [-0.2, -0.15) is 0 Å². The molecule has 0 saturated heterocycles. The second-order valence-corrected chi connectivity index (χ2v) is 10.0. The molecule has 0 bridgehead atoms. The third-order valence-electron chi connectivity index (χ3n) is 7.39. The smallest absolute Gasteiger partial charge is 0.251 e. The highest BCUT2D eigenvalue weighted by Gasteiger charge is 2.12. The summed E-state index contributed by atoms with van der Waals surface area (Å²) in [6.45, 7) is 6.40. The topological polar surface area (TPSA) is 74.6 Å². The number of imidazole rings is 1. The number of aryl methyl sites for hydroxylation is 1. The number of para-hydroxylation sites is 2. The number of hydrogen-bond acceptors (Lipinski definition) is 5. The van der Waals surface area contributed by atoms with Gasteiger partial charge in [-0.3, -0.25) is 4.79 Å². The first kappa shape index (κ1) is 29.0. The molecule has 0 aliphatic carbocycles. The first-order chi connectivity index (χ1) is 19.5. The van der Waals surface area contributed by atoms with E-state index in [1.165, 1.54) is 5.56 Å². The fraction of sp³-hybridized carbons (Fsp3) is 0.394. The number of nitrogens with zero attached hydrogens (tertiary/aromatic N) is 2. The molecule has 0 aliphatic rings. The lowest BCUT2D eigenvalue weighted by Crippen LogP contribution is -2.24. The summed E-state index contributed by atoms with van der Waals surface area (Å²) in [6, 6.07) is 21.9. The molecule has 7 nitrogen and oxygen atoms in total. The molecule has 0 radical (unpaired) electrons. The molecule has 1 atom stereocenters. The van der Waals surface area contributed by atoms with E-state index in [0.717, 1.165) is 61.3 Å². The summed E-state index contributed by atoms with van der Waals surface area (Å²) in [5, 5.41) is 3.00. The molecule has 4 rings (SSSR count). The van der Waals surface area contributed by atoms with Crippen LogP contribution in [0, 0.1) is 0 Å². The molecule has 0 spiro atoms. The first-order valence-corrected chi connectivity index (χ1v) is 14.2. The van der Waals surface area contributed by atoms with Crippen LogP contribution < -0.4 is 19.5 Å². The largest absolute Gasteiger partial charge is 0.493 e. The summed E-state index contributed by atoms with van der Waals surface area (Å²) >= 11 is 0. The van der Waals surface area contributed by atoms with Crippen LogP contribution in [-0.2, 0) is 13.0 Å². The number of ether oxygens (including phenoxy) is 3.